The van der Waals surface area contributed by atoms with Crippen LogP contribution in [0.3, 0.4) is 0 Å². The monoisotopic (exact) mass is 293 g/mol. The van der Waals surface area contributed by atoms with Crippen LogP contribution < -0.4 is 10.6 Å². The zero-order valence-corrected chi connectivity index (χ0v) is 14.5. The second kappa shape index (κ2) is 8.82. The highest BCUT2D eigenvalue weighted by Crippen LogP contribution is 2.23. The third kappa shape index (κ3) is 5.50. The van der Waals surface area contributed by atoms with Crippen molar-refractivity contribution in [3.05, 3.63) is 11.4 Å². The van der Waals surface area contributed by atoms with Gasteiger partial charge in [-0.2, -0.15) is 0 Å². The van der Waals surface area contributed by atoms with Crippen LogP contribution in [-0.2, 0) is 0 Å². The first-order valence-corrected chi connectivity index (χ1v) is 8.04. The summed E-state index contributed by atoms with van der Waals surface area (Å²) in [7, 11) is 2.13. The van der Waals surface area contributed by atoms with Crippen molar-refractivity contribution in [2.45, 2.75) is 47.0 Å². The van der Waals surface area contributed by atoms with E-state index >= 15 is 0 Å². The zero-order chi connectivity index (χ0) is 15.8. The lowest BCUT2D eigenvalue weighted by atomic mass is 10.2. The van der Waals surface area contributed by atoms with E-state index in [1.807, 2.05) is 0 Å². The summed E-state index contributed by atoms with van der Waals surface area (Å²) in [6.45, 7) is 14.6. The molecule has 1 aromatic rings. The molecular weight excluding hydrogens is 262 g/mol. The molecule has 0 unspecified atom stereocenters. The van der Waals surface area contributed by atoms with Gasteiger partial charge in [0, 0.05) is 31.1 Å². The molecule has 0 spiro atoms. The van der Waals surface area contributed by atoms with Gasteiger partial charge in [-0.25, -0.2) is 9.97 Å². The van der Waals surface area contributed by atoms with Crippen molar-refractivity contribution < 1.29 is 0 Å². The van der Waals surface area contributed by atoms with Crippen molar-refractivity contribution in [3.63, 3.8) is 0 Å². The Labute approximate surface area is 129 Å². The second-order valence-electron chi connectivity index (χ2n) is 5.81. The van der Waals surface area contributed by atoms with E-state index in [9.17, 15) is 0 Å². The van der Waals surface area contributed by atoms with Crippen molar-refractivity contribution in [1.29, 1.82) is 0 Å². The largest absolute Gasteiger partial charge is 0.370 e. The fourth-order valence-corrected chi connectivity index (χ4v) is 1.90. The average Bonchev–Trinajstić information content (AvgIpc) is 2.47. The van der Waals surface area contributed by atoms with E-state index in [1.54, 1.807) is 0 Å². The molecule has 5 heteroatoms. The summed E-state index contributed by atoms with van der Waals surface area (Å²) < 4.78 is 0. The van der Waals surface area contributed by atoms with E-state index in [0.29, 0.717) is 5.92 Å². The molecule has 0 atom stereocenters. The van der Waals surface area contributed by atoms with Crippen molar-refractivity contribution in [2.24, 2.45) is 0 Å². The number of anilines is 2. The Hall–Kier alpha value is -1.36. The van der Waals surface area contributed by atoms with E-state index in [-0.39, 0.29) is 0 Å². The molecule has 0 saturated carbocycles. The summed E-state index contributed by atoms with van der Waals surface area (Å²) in [6, 6.07) is 0. The highest BCUT2D eigenvalue weighted by Gasteiger charge is 2.12. The molecule has 0 radical (unpaired) electrons. The minimum atomic E-state index is 0.326. The van der Waals surface area contributed by atoms with Crippen LogP contribution in [0.2, 0.25) is 0 Å². The molecule has 120 valence electrons. The van der Waals surface area contributed by atoms with Gasteiger partial charge in [0.2, 0.25) is 0 Å². The van der Waals surface area contributed by atoms with Crippen LogP contribution in [0.5, 0.6) is 0 Å². The molecule has 5 nitrogen and oxygen atoms in total. The Bertz CT molecular complexity index is 431. The fraction of sp³-hybridized carbons (Fsp3) is 0.750. The molecule has 1 rings (SSSR count). The highest BCUT2D eigenvalue weighted by molar-refractivity contribution is 5.57. The van der Waals surface area contributed by atoms with Crippen LogP contribution in [0.4, 0.5) is 11.6 Å². The topological polar surface area (TPSA) is 53.1 Å². The Kier molecular flexibility index (Phi) is 7.43. The Morgan fingerprint density at radius 3 is 2.10 bits per heavy atom. The number of nitrogens with zero attached hydrogens (tertiary/aromatic N) is 3. The third-order valence-corrected chi connectivity index (χ3v) is 3.55. The van der Waals surface area contributed by atoms with Gasteiger partial charge in [-0.1, -0.05) is 27.7 Å². The van der Waals surface area contributed by atoms with Crippen molar-refractivity contribution in [2.75, 3.05) is 43.9 Å². The molecule has 0 aliphatic heterocycles. The SMILES string of the molecule is CCCNc1nc(C(C)C)nc(NCCN(C)CC)c1C. The number of aromatic nitrogens is 2. The van der Waals surface area contributed by atoms with E-state index in [1.165, 1.54) is 0 Å². The summed E-state index contributed by atoms with van der Waals surface area (Å²) in [5.74, 6) is 3.14. The molecule has 1 heterocycles. The van der Waals surface area contributed by atoms with E-state index in [2.05, 4.69) is 67.2 Å². The van der Waals surface area contributed by atoms with E-state index in [4.69, 9.17) is 0 Å². The predicted octanol–water partition coefficient (Wildman–Crippen LogP) is 3.09. The van der Waals surface area contributed by atoms with Gasteiger partial charge in [0.1, 0.15) is 17.5 Å². The minimum Gasteiger partial charge on any atom is -0.370 e. The van der Waals surface area contributed by atoms with Crippen LogP contribution in [0.15, 0.2) is 0 Å². The first-order chi connectivity index (χ1) is 9.99. The van der Waals surface area contributed by atoms with Crippen LogP contribution >= 0.6 is 0 Å². The predicted molar refractivity (Wildman–Crippen MR) is 91.3 cm³/mol. The summed E-state index contributed by atoms with van der Waals surface area (Å²) in [5, 5.41) is 6.86. The lowest BCUT2D eigenvalue weighted by molar-refractivity contribution is 0.367. The van der Waals surface area contributed by atoms with Gasteiger partial charge in [-0.05, 0) is 26.9 Å². The quantitative estimate of drug-likeness (QED) is 0.733. The summed E-state index contributed by atoms with van der Waals surface area (Å²) in [4.78, 5) is 11.6. The Morgan fingerprint density at radius 1 is 1.05 bits per heavy atom. The van der Waals surface area contributed by atoms with Crippen LogP contribution in [0.25, 0.3) is 0 Å². The molecule has 21 heavy (non-hydrogen) atoms. The summed E-state index contributed by atoms with van der Waals surface area (Å²) in [6.07, 6.45) is 1.09. The van der Waals surface area contributed by atoms with Crippen molar-refractivity contribution >= 4 is 11.6 Å². The van der Waals surface area contributed by atoms with Crippen LogP contribution in [-0.4, -0.2) is 48.1 Å². The molecule has 0 amide bonds. The molecule has 1 aromatic heterocycles. The van der Waals surface area contributed by atoms with E-state index < -0.39 is 0 Å². The lowest BCUT2D eigenvalue weighted by Crippen LogP contribution is -2.25. The second-order valence-corrected chi connectivity index (χ2v) is 5.81. The molecule has 0 bridgehead atoms. The normalized spacial score (nSPS) is 11.2. The summed E-state index contributed by atoms with van der Waals surface area (Å²) >= 11 is 0. The fourth-order valence-electron chi connectivity index (χ4n) is 1.90. The Balaban J connectivity index is 2.87. The molecule has 0 saturated heterocycles. The maximum Gasteiger partial charge on any atom is 0.135 e. The minimum absolute atomic E-state index is 0.326. The first-order valence-electron chi connectivity index (χ1n) is 8.04. The Morgan fingerprint density at radius 2 is 1.62 bits per heavy atom. The first kappa shape index (κ1) is 17.7. The van der Waals surface area contributed by atoms with Gasteiger partial charge in [-0.15, -0.1) is 0 Å². The zero-order valence-electron chi connectivity index (χ0n) is 14.5. The molecule has 0 aliphatic rings. The molecule has 0 fully saturated rings. The van der Waals surface area contributed by atoms with Gasteiger partial charge >= 0.3 is 0 Å². The van der Waals surface area contributed by atoms with Gasteiger partial charge < -0.3 is 15.5 Å². The maximum absolute atomic E-state index is 4.68. The summed E-state index contributed by atoms with van der Waals surface area (Å²) in [5.41, 5.74) is 1.10. The lowest BCUT2D eigenvalue weighted by Gasteiger charge is -2.18. The number of hydrogen-bond acceptors (Lipinski definition) is 5. The maximum atomic E-state index is 4.68. The number of nitrogens with one attached hydrogen (secondary N) is 2. The number of hydrogen-bond donors (Lipinski definition) is 2. The average molecular weight is 293 g/mol. The number of rotatable bonds is 9. The van der Waals surface area contributed by atoms with E-state index in [0.717, 1.165) is 55.6 Å². The van der Waals surface area contributed by atoms with Gasteiger partial charge in [0.25, 0.3) is 0 Å². The van der Waals surface area contributed by atoms with Crippen LogP contribution in [0, 0.1) is 6.92 Å². The third-order valence-electron chi connectivity index (χ3n) is 3.55. The van der Waals surface area contributed by atoms with Crippen LogP contribution in [0.1, 0.15) is 51.4 Å². The highest BCUT2D eigenvalue weighted by atomic mass is 15.1. The number of likely N-dealkylation sites (N-methyl/N-ethyl adjacent to an activating group) is 1. The van der Waals surface area contributed by atoms with Crippen molar-refractivity contribution in [1.82, 2.24) is 14.9 Å². The standard InChI is InChI=1S/C16H31N5/c1-7-9-17-15-13(5)16(18-10-11-21(6)8-2)20-14(19-15)12(3)4/h12H,7-11H2,1-6H3,(H2,17,18,19,20). The molecular formula is C16H31N5. The van der Waals surface area contributed by atoms with Gasteiger partial charge in [0.05, 0.1) is 0 Å². The molecule has 0 aliphatic carbocycles. The molecule has 0 aromatic carbocycles. The van der Waals surface area contributed by atoms with Gasteiger partial charge in [0.15, 0.2) is 0 Å². The van der Waals surface area contributed by atoms with Crippen molar-refractivity contribution in [3.8, 4) is 0 Å². The molecule has 2 N–H and O–H groups in total. The van der Waals surface area contributed by atoms with Gasteiger partial charge in [-0.3, -0.25) is 0 Å². The smallest absolute Gasteiger partial charge is 0.135 e.